The molecule has 1 aliphatic rings. The average molecular weight is 413 g/mol. The van der Waals surface area contributed by atoms with Gasteiger partial charge in [0.2, 0.25) is 0 Å². The Morgan fingerprint density at radius 2 is 1.97 bits per heavy atom. The topological polar surface area (TPSA) is 82.5 Å². The monoisotopic (exact) mass is 413 g/mol. The number of nitrogens with one attached hydrogen (secondary N) is 1. The van der Waals surface area contributed by atoms with Gasteiger partial charge in [0.05, 0.1) is 11.3 Å². The molecular formula is C23H28FN3O3. The number of hydrogen-bond donors (Lipinski definition) is 2. The summed E-state index contributed by atoms with van der Waals surface area (Å²) in [7, 11) is 0. The quantitative estimate of drug-likeness (QED) is 0.761. The second kappa shape index (κ2) is 8.81. The van der Waals surface area contributed by atoms with Crippen LogP contribution in [0.3, 0.4) is 0 Å². The van der Waals surface area contributed by atoms with Crippen LogP contribution in [-0.2, 0) is 0 Å². The Morgan fingerprint density at radius 1 is 1.20 bits per heavy atom. The minimum Gasteiger partial charge on any atom is -0.465 e. The van der Waals surface area contributed by atoms with E-state index in [0.717, 1.165) is 19.3 Å². The van der Waals surface area contributed by atoms with Crippen LogP contribution in [0.1, 0.15) is 56.8 Å². The maximum absolute atomic E-state index is 13.4. The van der Waals surface area contributed by atoms with E-state index in [9.17, 15) is 19.1 Å². The molecule has 1 aromatic heterocycles. The number of amides is 2. The van der Waals surface area contributed by atoms with Gasteiger partial charge in [-0.3, -0.25) is 9.78 Å². The third-order valence-electron chi connectivity index (χ3n) is 5.42. The number of hydrogen-bond acceptors (Lipinski definition) is 3. The SMILES string of the molecule is CC(C)(C)N(C(=O)O)[C@@H]1CCC[C@H](NC(=O)c2ccc(-c3cccc(F)c3)nc2)C1. The molecule has 2 amide bonds. The summed E-state index contributed by atoms with van der Waals surface area (Å²) < 4.78 is 13.4. The molecule has 1 heterocycles. The summed E-state index contributed by atoms with van der Waals surface area (Å²) in [6.45, 7) is 5.65. The third-order valence-corrected chi connectivity index (χ3v) is 5.42. The predicted octanol–water partition coefficient (Wildman–Crippen LogP) is 4.71. The molecule has 3 rings (SSSR count). The number of carboxylic acid groups (broad SMARTS) is 1. The van der Waals surface area contributed by atoms with Crippen molar-refractivity contribution in [2.75, 3.05) is 0 Å². The molecule has 1 saturated carbocycles. The summed E-state index contributed by atoms with van der Waals surface area (Å²) in [5.74, 6) is -0.579. The van der Waals surface area contributed by atoms with Crippen molar-refractivity contribution in [2.45, 2.75) is 64.1 Å². The third kappa shape index (κ3) is 5.14. The van der Waals surface area contributed by atoms with E-state index in [1.165, 1.54) is 23.2 Å². The summed E-state index contributed by atoms with van der Waals surface area (Å²) in [4.78, 5) is 30.2. The molecule has 0 bridgehead atoms. The molecule has 0 spiro atoms. The number of aromatic nitrogens is 1. The molecule has 1 aromatic carbocycles. The molecular weight excluding hydrogens is 385 g/mol. The van der Waals surface area contributed by atoms with Crippen LogP contribution in [-0.4, -0.2) is 44.6 Å². The summed E-state index contributed by atoms with van der Waals surface area (Å²) in [5, 5.41) is 12.7. The van der Waals surface area contributed by atoms with E-state index in [1.807, 2.05) is 20.8 Å². The average Bonchev–Trinajstić information content (AvgIpc) is 2.67. The van der Waals surface area contributed by atoms with Gasteiger partial charge >= 0.3 is 6.09 Å². The first-order valence-corrected chi connectivity index (χ1v) is 10.2. The van der Waals surface area contributed by atoms with Crippen LogP contribution in [0.2, 0.25) is 0 Å². The Labute approximate surface area is 176 Å². The van der Waals surface area contributed by atoms with Crippen molar-refractivity contribution in [3.8, 4) is 11.3 Å². The van der Waals surface area contributed by atoms with Crippen molar-refractivity contribution in [2.24, 2.45) is 0 Å². The highest BCUT2D eigenvalue weighted by Gasteiger charge is 2.36. The molecule has 2 atom stereocenters. The number of benzene rings is 1. The second-order valence-electron chi connectivity index (χ2n) is 8.76. The fourth-order valence-corrected chi connectivity index (χ4v) is 4.14. The summed E-state index contributed by atoms with van der Waals surface area (Å²) >= 11 is 0. The van der Waals surface area contributed by atoms with Crippen LogP contribution in [0.25, 0.3) is 11.3 Å². The van der Waals surface area contributed by atoms with Crippen molar-refractivity contribution in [3.05, 3.63) is 54.0 Å². The molecule has 160 valence electrons. The standard InChI is InChI=1S/C23H28FN3O3/c1-23(2,3)27(22(29)30)19-9-5-8-18(13-19)26-21(28)16-10-11-20(25-14-16)15-6-4-7-17(24)12-15/h4,6-7,10-12,14,18-19H,5,8-9,13H2,1-3H3,(H,26,28)(H,29,30)/t18-,19+/m0/s1. The first-order chi connectivity index (χ1) is 14.1. The number of nitrogens with zero attached hydrogens (tertiary/aromatic N) is 2. The number of carbonyl (C=O) groups excluding carboxylic acids is 1. The van der Waals surface area contributed by atoms with Gasteiger partial charge < -0.3 is 15.3 Å². The Balaban J connectivity index is 1.66. The van der Waals surface area contributed by atoms with Crippen molar-refractivity contribution in [1.82, 2.24) is 15.2 Å². The zero-order valence-electron chi connectivity index (χ0n) is 17.6. The molecule has 0 saturated heterocycles. The second-order valence-corrected chi connectivity index (χ2v) is 8.76. The number of carbonyl (C=O) groups is 2. The lowest BCUT2D eigenvalue weighted by molar-refractivity contribution is 0.0509. The predicted molar refractivity (Wildman–Crippen MR) is 113 cm³/mol. The van der Waals surface area contributed by atoms with Crippen molar-refractivity contribution < 1.29 is 19.1 Å². The molecule has 2 N–H and O–H groups in total. The minimum atomic E-state index is -0.934. The number of halogens is 1. The van der Waals surface area contributed by atoms with Crippen LogP contribution >= 0.6 is 0 Å². The van der Waals surface area contributed by atoms with Crippen LogP contribution < -0.4 is 5.32 Å². The van der Waals surface area contributed by atoms with Gasteiger partial charge in [-0.1, -0.05) is 12.1 Å². The van der Waals surface area contributed by atoms with E-state index < -0.39 is 11.6 Å². The molecule has 0 radical (unpaired) electrons. The highest BCUT2D eigenvalue weighted by molar-refractivity contribution is 5.94. The Hall–Kier alpha value is -2.96. The summed E-state index contributed by atoms with van der Waals surface area (Å²) in [6.07, 6.45) is 3.59. The lowest BCUT2D eigenvalue weighted by atomic mass is 9.87. The maximum Gasteiger partial charge on any atom is 0.407 e. The molecule has 1 aliphatic carbocycles. The zero-order valence-corrected chi connectivity index (χ0v) is 17.6. The molecule has 6 nitrogen and oxygen atoms in total. The summed E-state index contributed by atoms with van der Waals surface area (Å²) in [6, 6.07) is 9.28. The largest absolute Gasteiger partial charge is 0.465 e. The van der Waals surface area contributed by atoms with Crippen LogP contribution in [0.5, 0.6) is 0 Å². The smallest absolute Gasteiger partial charge is 0.407 e. The van der Waals surface area contributed by atoms with Gasteiger partial charge in [0, 0.05) is 29.4 Å². The first-order valence-electron chi connectivity index (χ1n) is 10.2. The highest BCUT2D eigenvalue weighted by Crippen LogP contribution is 2.29. The van der Waals surface area contributed by atoms with E-state index in [0.29, 0.717) is 23.2 Å². The normalized spacial score (nSPS) is 19.2. The highest BCUT2D eigenvalue weighted by atomic mass is 19.1. The van der Waals surface area contributed by atoms with E-state index in [1.54, 1.807) is 24.3 Å². The van der Waals surface area contributed by atoms with E-state index >= 15 is 0 Å². The van der Waals surface area contributed by atoms with Crippen molar-refractivity contribution in [3.63, 3.8) is 0 Å². The summed E-state index contributed by atoms with van der Waals surface area (Å²) in [5.41, 5.74) is 1.15. The van der Waals surface area contributed by atoms with Crippen LogP contribution in [0.4, 0.5) is 9.18 Å². The lowest BCUT2D eigenvalue weighted by Gasteiger charge is -2.43. The van der Waals surface area contributed by atoms with Gasteiger partial charge in [-0.2, -0.15) is 0 Å². The Bertz CT molecular complexity index is 909. The fourth-order valence-electron chi connectivity index (χ4n) is 4.14. The van der Waals surface area contributed by atoms with Crippen LogP contribution in [0.15, 0.2) is 42.6 Å². The molecule has 2 aromatic rings. The number of pyridine rings is 1. The van der Waals surface area contributed by atoms with E-state index in [-0.39, 0.29) is 23.8 Å². The van der Waals surface area contributed by atoms with Gasteiger partial charge in [-0.15, -0.1) is 0 Å². The fraction of sp³-hybridized carbons (Fsp3) is 0.435. The molecule has 7 heteroatoms. The van der Waals surface area contributed by atoms with E-state index in [4.69, 9.17) is 0 Å². The maximum atomic E-state index is 13.4. The lowest BCUT2D eigenvalue weighted by Crippen LogP contribution is -2.54. The molecule has 0 unspecified atom stereocenters. The Morgan fingerprint density at radius 3 is 2.57 bits per heavy atom. The van der Waals surface area contributed by atoms with Crippen molar-refractivity contribution in [1.29, 1.82) is 0 Å². The molecule has 30 heavy (non-hydrogen) atoms. The van der Waals surface area contributed by atoms with Gasteiger partial charge in [0.25, 0.3) is 5.91 Å². The van der Waals surface area contributed by atoms with Crippen molar-refractivity contribution >= 4 is 12.0 Å². The van der Waals surface area contributed by atoms with Gasteiger partial charge in [0.15, 0.2) is 0 Å². The van der Waals surface area contributed by atoms with E-state index in [2.05, 4.69) is 10.3 Å². The first kappa shape index (κ1) is 21.7. The molecule has 0 aliphatic heterocycles. The van der Waals surface area contributed by atoms with Gasteiger partial charge in [-0.05, 0) is 70.7 Å². The minimum absolute atomic E-state index is 0.0941. The van der Waals surface area contributed by atoms with Gasteiger partial charge in [-0.25, -0.2) is 9.18 Å². The Kier molecular flexibility index (Phi) is 6.39. The van der Waals surface area contributed by atoms with Crippen LogP contribution in [0, 0.1) is 5.82 Å². The number of rotatable bonds is 4. The zero-order chi connectivity index (χ0) is 21.9. The molecule has 1 fully saturated rings. The van der Waals surface area contributed by atoms with Gasteiger partial charge in [0.1, 0.15) is 5.82 Å².